The van der Waals surface area contributed by atoms with Gasteiger partial charge in [0.1, 0.15) is 5.71 Å². The van der Waals surface area contributed by atoms with Gasteiger partial charge in [0, 0.05) is 44.0 Å². The van der Waals surface area contributed by atoms with Crippen molar-refractivity contribution in [2.24, 2.45) is 5.16 Å². The lowest BCUT2D eigenvalue weighted by molar-refractivity contribution is 0.169. The predicted molar refractivity (Wildman–Crippen MR) is 106 cm³/mol. The molecule has 0 bridgehead atoms. The highest BCUT2D eigenvalue weighted by atomic mass is 32.2. The molecule has 2 N–H and O–H groups in total. The van der Waals surface area contributed by atoms with Crippen molar-refractivity contribution in [2.45, 2.75) is 4.90 Å². The van der Waals surface area contributed by atoms with E-state index in [4.69, 9.17) is 0 Å². The average molecular weight is 388 g/mol. The van der Waals surface area contributed by atoms with Crippen molar-refractivity contribution in [3.05, 3.63) is 60.2 Å². The van der Waals surface area contributed by atoms with Gasteiger partial charge in [-0.25, -0.2) is 8.42 Å². The van der Waals surface area contributed by atoms with Gasteiger partial charge in [0.2, 0.25) is 0 Å². The third kappa shape index (κ3) is 5.06. The van der Waals surface area contributed by atoms with Crippen molar-refractivity contribution >= 4 is 21.4 Å². The molecule has 1 aliphatic rings. The number of sulfonamides is 1. The average Bonchev–Trinajstić information content (AvgIpc) is 2.69. The second-order valence-corrected chi connectivity index (χ2v) is 8.30. The summed E-state index contributed by atoms with van der Waals surface area (Å²) in [4.78, 5) is 4.71. The summed E-state index contributed by atoms with van der Waals surface area (Å²) in [6.45, 7) is 4.37. The Morgan fingerprint density at radius 1 is 1.04 bits per heavy atom. The summed E-state index contributed by atoms with van der Waals surface area (Å²) >= 11 is 0. The lowest BCUT2D eigenvalue weighted by atomic mass is 10.1. The van der Waals surface area contributed by atoms with Crippen molar-refractivity contribution in [3.63, 3.8) is 0 Å². The summed E-state index contributed by atoms with van der Waals surface area (Å²) in [7, 11) is -1.53. The topological polar surface area (TPSA) is 85.2 Å². The standard InChI is InChI=1S/C19H24N4O3S/c1-22-11-13-23(14-12-22)15-19(20-24)16-7-9-17(10-8-16)21-27(25,26)18-5-3-2-4-6-18/h2-10,21,24H,11-15H2,1H3. The van der Waals surface area contributed by atoms with Gasteiger partial charge in [-0.2, -0.15) is 0 Å². The number of likely N-dealkylation sites (N-methyl/N-ethyl adjacent to an activating group) is 1. The number of anilines is 1. The SMILES string of the molecule is CN1CCN(CC(=NO)c2ccc(NS(=O)(=O)c3ccccc3)cc2)CC1. The zero-order valence-electron chi connectivity index (χ0n) is 15.2. The molecule has 1 saturated heterocycles. The Labute approximate surface area is 160 Å². The third-order valence-electron chi connectivity index (χ3n) is 4.61. The van der Waals surface area contributed by atoms with Crippen LogP contribution in [0.3, 0.4) is 0 Å². The van der Waals surface area contributed by atoms with Crippen molar-refractivity contribution < 1.29 is 13.6 Å². The number of oxime groups is 1. The van der Waals surface area contributed by atoms with Crippen LogP contribution in [0.4, 0.5) is 5.69 Å². The highest BCUT2D eigenvalue weighted by Crippen LogP contribution is 2.17. The van der Waals surface area contributed by atoms with Crippen LogP contribution < -0.4 is 4.72 Å². The maximum absolute atomic E-state index is 12.4. The second kappa shape index (κ2) is 8.51. The molecule has 1 fully saturated rings. The lowest BCUT2D eigenvalue weighted by Gasteiger charge is -2.32. The van der Waals surface area contributed by atoms with Gasteiger partial charge >= 0.3 is 0 Å². The normalized spacial score (nSPS) is 17.0. The van der Waals surface area contributed by atoms with Crippen molar-refractivity contribution in [2.75, 3.05) is 44.5 Å². The Morgan fingerprint density at radius 3 is 2.26 bits per heavy atom. The van der Waals surface area contributed by atoms with Gasteiger partial charge in [-0.05, 0) is 31.3 Å². The summed E-state index contributed by atoms with van der Waals surface area (Å²) in [5.41, 5.74) is 1.79. The summed E-state index contributed by atoms with van der Waals surface area (Å²) in [5, 5.41) is 12.9. The first-order chi connectivity index (χ1) is 13.0. The Bertz CT molecular complexity index is 875. The molecule has 0 aromatic heterocycles. The predicted octanol–water partition coefficient (Wildman–Crippen LogP) is 1.91. The fourth-order valence-electron chi connectivity index (χ4n) is 2.94. The third-order valence-corrected chi connectivity index (χ3v) is 6.01. The molecule has 8 heteroatoms. The van der Waals surface area contributed by atoms with E-state index in [-0.39, 0.29) is 4.90 Å². The van der Waals surface area contributed by atoms with Gasteiger partial charge in [0.25, 0.3) is 10.0 Å². The molecule has 0 radical (unpaired) electrons. The number of rotatable bonds is 6. The van der Waals surface area contributed by atoms with Gasteiger partial charge in [-0.1, -0.05) is 35.5 Å². The van der Waals surface area contributed by atoms with Crippen molar-refractivity contribution in [1.82, 2.24) is 9.80 Å². The molecule has 1 aliphatic heterocycles. The first kappa shape index (κ1) is 19.3. The maximum Gasteiger partial charge on any atom is 0.261 e. The minimum Gasteiger partial charge on any atom is -0.411 e. The molecule has 0 aliphatic carbocycles. The van der Waals surface area contributed by atoms with E-state index in [1.54, 1.807) is 54.6 Å². The Kier molecular flexibility index (Phi) is 6.10. The Hall–Kier alpha value is -2.42. The molecule has 144 valence electrons. The van der Waals surface area contributed by atoms with Crippen LogP contribution in [0.25, 0.3) is 0 Å². The van der Waals surface area contributed by atoms with E-state index < -0.39 is 10.0 Å². The fraction of sp³-hybridized carbons (Fsp3) is 0.316. The minimum absolute atomic E-state index is 0.210. The van der Waals surface area contributed by atoms with Gasteiger partial charge in [0.15, 0.2) is 0 Å². The summed E-state index contributed by atoms with van der Waals surface area (Å²) in [5.74, 6) is 0. The lowest BCUT2D eigenvalue weighted by Crippen LogP contribution is -2.46. The molecular formula is C19H24N4O3S. The van der Waals surface area contributed by atoms with Gasteiger partial charge < -0.3 is 10.1 Å². The van der Waals surface area contributed by atoms with Crippen LogP contribution in [0.15, 0.2) is 64.6 Å². The van der Waals surface area contributed by atoms with E-state index in [1.807, 2.05) is 0 Å². The zero-order valence-corrected chi connectivity index (χ0v) is 16.1. The van der Waals surface area contributed by atoms with Crippen LogP contribution in [-0.2, 0) is 10.0 Å². The fourth-order valence-corrected chi connectivity index (χ4v) is 4.02. The number of hydrogen-bond acceptors (Lipinski definition) is 6. The number of nitrogens with zero attached hydrogens (tertiary/aromatic N) is 3. The molecular weight excluding hydrogens is 364 g/mol. The van der Waals surface area contributed by atoms with E-state index in [0.29, 0.717) is 17.9 Å². The molecule has 0 spiro atoms. The number of piperazine rings is 1. The van der Waals surface area contributed by atoms with Crippen molar-refractivity contribution in [1.29, 1.82) is 0 Å². The number of nitrogens with one attached hydrogen (secondary N) is 1. The van der Waals surface area contributed by atoms with E-state index in [1.165, 1.54) is 0 Å². The molecule has 27 heavy (non-hydrogen) atoms. The van der Waals surface area contributed by atoms with E-state index in [0.717, 1.165) is 31.7 Å². The van der Waals surface area contributed by atoms with Crippen molar-refractivity contribution in [3.8, 4) is 0 Å². The van der Waals surface area contributed by atoms with E-state index >= 15 is 0 Å². The molecule has 0 saturated carbocycles. The van der Waals surface area contributed by atoms with Crippen LogP contribution in [0.5, 0.6) is 0 Å². The van der Waals surface area contributed by atoms with Crippen LogP contribution in [0.1, 0.15) is 5.56 Å². The minimum atomic E-state index is -3.62. The Balaban J connectivity index is 1.67. The van der Waals surface area contributed by atoms with Crippen LogP contribution in [0, 0.1) is 0 Å². The molecule has 2 aromatic carbocycles. The first-order valence-electron chi connectivity index (χ1n) is 8.78. The largest absolute Gasteiger partial charge is 0.411 e. The highest BCUT2D eigenvalue weighted by molar-refractivity contribution is 7.92. The summed E-state index contributed by atoms with van der Waals surface area (Å²) in [6, 6.07) is 15.1. The molecule has 0 atom stereocenters. The van der Waals surface area contributed by atoms with E-state index in [2.05, 4.69) is 26.7 Å². The zero-order chi connectivity index (χ0) is 19.3. The smallest absolute Gasteiger partial charge is 0.261 e. The molecule has 2 aromatic rings. The highest BCUT2D eigenvalue weighted by Gasteiger charge is 2.17. The molecule has 3 rings (SSSR count). The van der Waals surface area contributed by atoms with Gasteiger partial charge in [-0.15, -0.1) is 0 Å². The van der Waals surface area contributed by atoms with E-state index in [9.17, 15) is 13.6 Å². The second-order valence-electron chi connectivity index (χ2n) is 6.62. The monoisotopic (exact) mass is 388 g/mol. The number of benzene rings is 2. The summed E-state index contributed by atoms with van der Waals surface area (Å²) < 4.78 is 27.3. The Morgan fingerprint density at radius 2 is 1.67 bits per heavy atom. The quantitative estimate of drug-likeness (QED) is 0.449. The molecule has 7 nitrogen and oxygen atoms in total. The molecule has 0 amide bonds. The van der Waals surface area contributed by atoms with Crippen LogP contribution >= 0.6 is 0 Å². The van der Waals surface area contributed by atoms with Gasteiger partial charge in [-0.3, -0.25) is 9.62 Å². The first-order valence-corrected chi connectivity index (χ1v) is 10.3. The van der Waals surface area contributed by atoms with Crippen LogP contribution in [0.2, 0.25) is 0 Å². The molecule has 1 heterocycles. The maximum atomic E-state index is 12.4. The van der Waals surface area contributed by atoms with Gasteiger partial charge in [0.05, 0.1) is 4.90 Å². The van der Waals surface area contributed by atoms with Crippen LogP contribution in [-0.4, -0.2) is 68.9 Å². The summed E-state index contributed by atoms with van der Waals surface area (Å²) in [6.07, 6.45) is 0. The number of hydrogen-bond donors (Lipinski definition) is 2. The molecule has 0 unspecified atom stereocenters.